The Hall–Kier alpha value is -5.60. The maximum Gasteiger partial charge on any atom is 0.0541 e. The highest BCUT2D eigenvalue weighted by atomic mass is 15.1. The van der Waals surface area contributed by atoms with Gasteiger partial charge in [0.25, 0.3) is 0 Å². The highest BCUT2D eigenvalue weighted by molar-refractivity contribution is 6.11. The first kappa shape index (κ1) is 27.7. The van der Waals surface area contributed by atoms with E-state index in [0.29, 0.717) is 0 Å². The molecule has 0 amide bonds. The number of nitrogens with zero attached hydrogens (tertiary/aromatic N) is 2. The number of fused-ring (bicyclic) bond motifs is 6. The van der Waals surface area contributed by atoms with Crippen molar-refractivity contribution in [2.75, 3.05) is 4.90 Å². The van der Waals surface area contributed by atoms with Crippen LogP contribution in [0.5, 0.6) is 0 Å². The summed E-state index contributed by atoms with van der Waals surface area (Å²) in [7, 11) is 0. The standard InChI is InChI=1S/C45H36N2/c1-45(2)41-19-11-9-17-37(41)38-27-26-36(30-42(38)45)46(33-13-5-3-6-14-33)35-24-21-31(22-25-35)32-23-28-44-40(29-32)39-18-10-12-20-43(39)47(44)34-15-7-4-8-16-34/h3,5-7,9-30H,4,8H2,1-2H3. The van der Waals surface area contributed by atoms with Gasteiger partial charge in [-0.15, -0.1) is 0 Å². The number of allylic oxidation sites excluding steroid dienone is 4. The van der Waals surface area contributed by atoms with Crippen molar-refractivity contribution in [3.05, 3.63) is 169 Å². The molecule has 0 aliphatic heterocycles. The summed E-state index contributed by atoms with van der Waals surface area (Å²) in [6, 6.07) is 51.3. The summed E-state index contributed by atoms with van der Waals surface area (Å²) in [5.41, 5.74) is 15.1. The topological polar surface area (TPSA) is 8.17 Å². The Morgan fingerprint density at radius 3 is 2.04 bits per heavy atom. The summed E-state index contributed by atoms with van der Waals surface area (Å²) >= 11 is 0. The third-order valence-corrected chi connectivity index (χ3v) is 10.2. The van der Waals surface area contributed by atoms with Crippen LogP contribution in [0.1, 0.15) is 37.8 Å². The zero-order valence-corrected chi connectivity index (χ0v) is 26.8. The van der Waals surface area contributed by atoms with Crippen LogP contribution in [0.3, 0.4) is 0 Å². The van der Waals surface area contributed by atoms with Gasteiger partial charge in [-0.2, -0.15) is 0 Å². The highest BCUT2D eigenvalue weighted by Gasteiger charge is 2.35. The van der Waals surface area contributed by atoms with Crippen molar-refractivity contribution in [2.45, 2.75) is 32.1 Å². The second-order valence-corrected chi connectivity index (χ2v) is 13.3. The number of rotatable bonds is 5. The van der Waals surface area contributed by atoms with Crippen LogP contribution in [0.4, 0.5) is 17.1 Å². The number of aromatic nitrogens is 1. The normalized spacial score (nSPS) is 14.6. The first-order valence-corrected chi connectivity index (χ1v) is 16.7. The van der Waals surface area contributed by atoms with Crippen LogP contribution in [0.15, 0.2) is 158 Å². The summed E-state index contributed by atoms with van der Waals surface area (Å²) in [4.78, 5) is 2.38. The third-order valence-electron chi connectivity index (χ3n) is 10.2. The van der Waals surface area contributed by atoms with Crippen molar-refractivity contribution in [2.24, 2.45) is 0 Å². The van der Waals surface area contributed by atoms with E-state index in [-0.39, 0.29) is 5.41 Å². The second kappa shape index (κ2) is 10.7. The fourth-order valence-corrected chi connectivity index (χ4v) is 7.85. The molecule has 2 nitrogen and oxygen atoms in total. The lowest BCUT2D eigenvalue weighted by molar-refractivity contribution is 0.660. The van der Waals surface area contributed by atoms with Gasteiger partial charge >= 0.3 is 0 Å². The van der Waals surface area contributed by atoms with Crippen LogP contribution in [0.25, 0.3) is 49.8 Å². The lowest BCUT2D eigenvalue weighted by Crippen LogP contribution is -2.16. The molecule has 2 aliphatic rings. The Bertz CT molecular complexity index is 2370. The molecule has 2 aliphatic carbocycles. The van der Waals surface area contributed by atoms with Gasteiger partial charge in [0.2, 0.25) is 0 Å². The van der Waals surface area contributed by atoms with Gasteiger partial charge in [0.1, 0.15) is 0 Å². The minimum absolute atomic E-state index is 0.0558. The molecular formula is C45H36N2. The molecule has 0 saturated heterocycles. The van der Waals surface area contributed by atoms with Crippen molar-refractivity contribution in [1.29, 1.82) is 0 Å². The maximum atomic E-state index is 2.42. The molecule has 0 N–H and O–H groups in total. The van der Waals surface area contributed by atoms with Crippen LogP contribution in [0, 0.1) is 0 Å². The zero-order valence-electron chi connectivity index (χ0n) is 26.8. The number of benzene rings is 6. The van der Waals surface area contributed by atoms with Crippen molar-refractivity contribution < 1.29 is 0 Å². The van der Waals surface area contributed by atoms with Gasteiger partial charge < -0.3 is 9.47 Å². The van der Waals surface area contributed by atoms with Crippen LogP contribution >= 0.6 is 0 Å². The van der Waals surface area contributed by atoms with E-state index < -0.39 is 0 Å². The molecule has 0 unspecified atom stereocenters. The Balaban J connectivity index is 1.12. The van der Waals surface area contributed by atoms with Gasteiger partial charge in [-0.05, 0) is 107 Å². The first-order valence-electron chi connectivity index (χ1n) is 16.7. The smallest absolute Gasteiger partial charge is 0.0541 e. The number of hydrogen-bond donors (Lipinski definition) is 0. The summed E-state index contributed by atoms with van der Waals surface area (Å²) in [6.45, 7) is 4.69. The van der Waals surface area contributed by atoms with Gasteiger partial charge in [0.15, 0.2) is 0 Å². The predicted molar refractivity (Wildman–Crippen MR) is 200 cm³/mol. The molecule has 2 heteroatoms. The summed E-state index contributed by atoms with van der Waals surface area (Å²) in [6.07, 6.45) is 9.11. The molecule has 7 aromatic rings. The number of hydrogen-bond acceptors (Lipinski definition) is 1. The Morgan fingerprint density at radius 2 is 1.21 bits per heavy atom. The molecule has 0 spiro atoms. The molecule has 6 aromatic carbocycles. The zero-order chi connectivity index (χ0) is 31.5. The van der Waals surface area contributed by atoms with E-state index in [4.69, 9.17) is 0 Å². The van der Waals surface area contributed by atoms with Crippen LogP contribution in [-0.4, -0.2) is 4.57 Å². The molecule has 0 bridgehead atoms. The monoisotopic (exact) mass is 604 g/mol. The van der Waals surface area contributed by atoms with Gasteiger partial charge in [-0.3, -0.25) is 0 Å². The predicted octanol–water partition coefficient (Wildman–Crippen LogP) is 12.4. The van der Waals surface area contributed by atoms with E-state index in [2.05, 4.69) is 181 Å². The van der Waals surface area contributed by atoms with E-state index >= 15 is 0 Å². The minimum Gasteiger partial charge on any atom is -0.310 e. The van der Waals surface area contributed by atoms with Crippen molar-refractivity contribution in [3.8, 4) is 22.3 Å². The van der Waals surface area contributed by atoms with Crippen LogP contribution in [0.2, 0.25) is 0 Å². The third kappa shape index (κ3) is 4.40. The van der Waals surface area contributed by atoms with Gasteiger partial charge in [-0.25, -0.2) is 0 Å². The fourth-order valence-electron chi connectivity index (χ4n) is 7.85. The minimum atomic E-state index is -0.0558. The SMILES string of the molecule is CC1(C)c2ccccc2-c2ccc(N(c3ccccc3)c3ccc(-c4ccc5c(c4)c4ccccc4n5C4=CCCC=C4)cc3)cc21. The van der Waals surface area contributed by atoms with Crippen molar-refractivity contribution >= 4 is 44.6 Å². The van der Waals surface area contributed by atoms with Gasteiger partial charge in [-0.1, -0.05) is 111 Å². The Morgan fingerprint density at radius 1 is 0.532 bits per heavy atom. The number of anilines is 3. The van der Waals surface area contributed by atoms with Crippen molar-refractivity contribution in [1.82, 2.24) is 4.57 Å². The van der Waals surface area contributed by atoms with E-state index in [0.717, 1.165) is 24.2 Å². The average Bonchev–Trinajstić information content (AvgIpc) is 3.58. The molecule has 0 atom stereocenters. The molecule has 0 saturated carbocycles. The van der Waals surface area contributed by atoms with Crippen LogP contribution in [-0.2, 0) is 5.41 Å². The van der Waals surface area contributed by atoms with Gasteiger partial charge in [0, 0.05) is 38.9 Å². The Labute approximate surface area is 276 Å². The second-order valence-electron chi connectivity index (χ2n) is 13.3. The molecule has 1 aromatic heterocycles. The molecule has 0 radical (unpaired) electrons. The quantitative estimate of drug-likeness (QED) is 0.190. The summed E-state index contributed by atoms with van der Waals surface area (Å²) in [5, 5.41) is 2.58. The molecule has 226 valence electrons. The highest BCUT2D eigenvalue weighted by Crippen LogP contribution is 2.50. The average molecular weight is 605 g/mol. The summed E-state index contributed by atoms with van der Waals surface area (Å²) in [5.74, 6) is 0. The lowest BCUT2D eigenvalue weighted by Gasteiger charge is -2.28. The molecule has 9 rings (SSSR count). The fraction of sp³-hybridized carbons (Fsp3) is 0.111. The first-order chi connectivity index (χ1) is 23.1. The molecule has 47 heavy (non-hydrogen) atoms. The van der Waals surface area contributed by atoms with Crippen LogP contribution < -0.4 is 4.90 Å². The van der Waals surface area contributed by atoms with E-state index in [1.54, 1.807) is 0 Å². The van der Waals surface area contributed by atoms with Crippen molar-refractivity contribution in [3.63, 3.8) is 0 Å². The largest absolute Gasteiger partial charge is 0.310 e. The maximum absolute atomic E-state index is 2.42. The van der Waals surface area contributed by atoms with Gasteiger partial charge in [0.05, 0.1) is 11.0 Å². The molecular weight excluding hydrogens is 569 g/mol. The lowest BCUT2D eigenvalue weighted by atomic mass is 9.82. The Kier molecular flexibility index (Phi) is 6.33. The molecule has 0 fully saturated rings. The van der Waals surface area contributed by atoms with E-state index in [9.17, 15) is 0 Å². The molecule has 1 heterocycles. The van der Waals surface area contributed by atoms with E-state index in [1.165, 1.54) is 66.6 Å². The number of para-hydroxylation sites is 2. The summed E-state index contributed by atoms with van der Waals surface area (Å²) < 4.78 is 2.42. The van der Waals surface area contributed by atoms with E-state index in [1.807, 2.05) is 0 Å².